The van der Waals surface area contributed by atoms with Crippen molar-refractivity contribution in [2.75, 3.05) is 5.32 Å². The Morgan fingerprint density at radius 2 is 2.14 bits per heavy atom. The van der Waals surface area contributed by atoms with Gasteiger partial charge >= 0.3 is 0 Å². The summed E-state index contributed by atoms with van der Waals surface area (Å²) in [5.74, 6) is 0. The maximum absolute atomic E-state index is 5.46. The summed E-state index contributed by atoms with van der Waals surface area (Å²) in [6.07, 6.45) is 1.70. The van der Waals surface area contributed by atoms with Gasteiger partial charge in [0, 0.05) is 11.7 Å². The number of hydrogen-bond acceptors (Lipinski definition) is 4. The smallest absolute Gasteiger partial charge is 0.297 e. The maximum atomic E-state index is 5.46. The Bertz CT molecular complexity index is 409. The van der Waals surface area contributed by atoms with Gasteiger partial charge in [-0.15, -0.1) is 0 Å². The molecule has 0 aliphatic carbocycles. The Labute approximate surface area is 82.4 Å². The highest BCUT2D eigenvalue weighted by atomic mass is 16.4. The molecular formula is C10H13N3O. The minimum Gasteiger partial charge on any atom is -0.422 e. The van der Waals surface area contributed by atoms with Gasteiger partial charge in [-0.05, 0) is 32.9 Å². The van der Waals surface area contributed by atoms with Gasteiger partial charge in [0.25, 0.3) is 6.01 Å². The van der Waals surface area contributed by atoms with Crippen LogP contribution in [0.25, 0.3) is 11.2 Å². The first-order valence-electron chi connectivity index (χ1n) is 4.54. The molecule has 2 heterocycles. The third kappa shape index (κ3) is 1.84. The first-order valence-corrected chi connectivity index (χ1v) is 4.54. The molecule has 0 bridgehead atoms. The molecule has 74 valence electrons. The number of rotatable bonds is 1. The van der Waals surface area contributed by atoms with Gasteiger partial charge < -0.3 is 9.73 Å². The molecule has 2 rings (SSSR count). The van der Waals surface area contributed by atoms with Crippen molar-refractivity contribution in [2.45, 2.75) is 26.3 Å². The van der Waals surface area contributed by atoms with Crippen molar-refractivity contribution in [1.29, 1.82) is 0 Å². The van der Waals surface area contributed by atoms with Crippen LogP contribution in [-0.4, -0.2) is 15.5 Å². The highest BCUT2D eigenvalue weighted by Crippen LogP contribution is 2.19. The van der Waals surface area contributed by atoms with Gasteiger partial charge in [-0.3, -0.25) is 0 Å². The van der Waals surface area contributed by atoms with Crippen LogP contribution in [0.2, 0.25) is 0 Å². The summed E-state index contributed by atoms with van der Waals surface area (Å²) in [4.78, 5) is 8.30. The molecule has 0 saturated carbocycles. The Morgan fingerprint density at radius 1 is 1.36 bits per heavy atom. The normalized spacial score (nSPS) is 11.9. The van der Waals surface area contributed by atoms with Crippen LogP contribution in [0.5, 0.6) is 0 Å². The molecule has 0 saturated heterocycles. The van der Waals surface area contributed by atoms with Gasteiger partial charge in [-0.1, -0.05) is 0 Å². The van der Waals surface area contributed by atoms with E-state index in [9.17, 15) is 0 Å². The summed E-state index contributed by atoms with van der Waals surface area (Å²) in [5, 5.41) is 3.15. The van der Waals surface area contributed by atoms with E-state index in [0.717, 1.165) is 0 Å². The van der Waals surface area contributed by atoms with Crippen LogP contribution in [0.3, 0.4) is 0 Å². The lowest BCUT2D eigenvalue weighted by atomic mass is 10.1. The molecule has 2 aromatic rings. The van der Waals surface area contributed by atoms with Crippen molar-refractivity contribution < 1.29 is 4.42 Å². The second kappa shape index (κ2) is 2.97. The summed E-state index contributed by atoms with van der Waals surface area (Å²) >= 11 is 0. The molecule has 0 aliphatic heterocycles. The zero-order valence-corrected chi connectivity index (χ0v) is 8.53. The van der Waals surface area contributed by atoms with Crippen LogP contribution in [0, 0.1) is 0 Å². The SMILES string of the molecule is CC(C)(C)Nc1nc2ncccc2o1. The van der Waals surface area contributed by atoms with Crippen LogP contribution >= 0.6 is 0 Å². The lowest BCUT2D eigenvalue weighted by molar-refractivity contribution is 0.555. The number of anilines is 1. The predicted molar refractivity (Wildman–Crippen MR) is 55.2 cm³/mol. The highest BCUT2D eigenvalue weighted by Gasteiger charge is 2.13. The van der Waals surface area contributed by atoms with Crippen molar-refractivity contribution in [3.8, 4) is 0 Å². The molecule has 2 aromatic heterocycles. The van der Waals surface area contributed by atoms with E-state index in [4.69, 9.17) is 4.42 Å². The molecule has 0 fully saturated rings. The van der Waals surface area contributed by atoms with Crippen molar-refractivity contribution in [1.82, 2.24) is 9.97 Å². The quantitative estimate of drug-likeness (QED) is 0.752. The Hall–Kier alpha value is -1.58. The number of hydrogen-bond donors (Lipinski definition) is 1. The van der Waals surface area contributed by atoms with Gasteiger partial charge in [0.2, 0.25) is 5.65 Å². The molecule has 4 heteroatoms. The molecule has 0 aliphatic rings. The first kappa shape index (κ1) is 8.99. The van der Waals surface area contributed by atoms with Crippen molar-refractivity contribution in [3.05, 3.63) is 18.3 Å². The minimum atomic E-state index is -0.0547. The van der Waals surface area contributed by atoms with Gasteiger partial charge in [0.15, 0.2) is 5.58 Å². The van der Waals surface area contributed by atoms with Gasteiger partial charge in [0.1, 0.15) is 0 Å². The number of fused-ring (bicyclic) bond motifs is 1. The molecule has 0 spiro atoms. The highest BCUT2D eigenvalue weighted by molar-refractivity contribution is 5.69. The molecular weight excluding hydrogens is 178 g/mol. The summed E-state index contributed by atoms with van der Waals surface area (Å²) in [7, 11) is 0. The average molecular weight is 191 g/mol. The number of oxazole rings is 1. The van der Waals surface area contributed by atoms with E-state index in [1.807, 2.05) is 12.1 Å². The van der Waals surface area contributed by atoms with E-state index in [2.05, 4.69) is 36.1 Å². The van der Waals surface area contributed by atoms with Crippen LogP contribution in [0.4, 0.5) is 6.01 Å². The molecule has 0 amide bonds. The Kier molecular flexibility index (Phi) is 1.91. The topological polar surface area (TPSA) is 51.0 Å². The van der Waals surface area contributed by atoms with E-state index in [0.29, 0.717) is 17.2 Å². The van der Waals surface area contributed by atoms with Crippen LogP contribution < -0.4 is 5.32 Å². The Balaban J connectivity index is 2.36. The van der Waals surface area contributed by atoms with Gasteiger partial charge in [-0.25, -0.2) is 4.98 Å². The average Bonchev–Trinajstić information content (AvgIpc) is 2.42. The fraction of sp³-hybridized carbons (Fsp3) is 0.400. The number of nitrogens with zero attached hydrogens (tertiary/aromatic N) is 2. The summed E-state index contributed by atoms with van der Waals surface area (Å²) in [5.41, 5.74) is 1.29. The molecule has 0 aromatic carbocycles. The van der Waals surface area contributed by atoms with Crippen LogP contribution in [0.1, 0.15) is 20.8 Å². The maximum Gasteiger partial charge on any atom is 0.297 e. The summed E-state index contributed by atoms with van der Waals surface area (Å²) in [6.45, 7) is 6.15. The molecule has 1 N–H and O–H groups in total. The van der Waals surface area contributed by atoms with Crippen LogP contribution in [-0.2, 0) is 0 Å². The van der Waals surface area contributed by atoms with Crippen LogP contribution in [0.15, 0.2) is 22.7 Å². The zero-order valence-electron chi connectivity index (χ0n) is 8.53. The van der Waals surface area contributed by atoms with Crippen molar-refractivity contribution in [3.63, 3.8) is 0 Å². The second-order valence-electron chi connectivity index (χ2n) is 4.22. The second-order valence-corrected chi connectivity index (χ2v) is 4.22. The zero-order chi connectivity index (χ0) is 10.2. The van der Waals surface area contributed by atoms with E-state index in [-0.39, 0.29) is 5.54 Å². The third-order valence-corrected chi connectivity index (χ3v) is 1.65. The van der Waals surface area contributed by atoms with E-state index in [1.54, 1.807) is 6.20 Å². The fourth-order valence-electron chi connectivity index (χ4n) is 1.14. The largest absolute Gasteiger partial charge is 0.422 e. The third-order valence-electron chi connectivity index (χ3n) is 1.65. The van der Waals surface area contributed by atoms with E-state index < -0.39 is 0 Å². The minimum absolute atomic E-state index is 0.0547. The number of aromatic nitrogens is 2. The fourth-order valence-corrected chi connectivity index (χ4v) is 1.14. The number of nitrogens with one attached hydrogen (secondary N) is 1. The number of pyridine rings is 1. The summed E-state index contributed by atoms with van der Waals surface area (Å²) in [6, 6.07) is 4.20. The van der Waals surface area contributed by atoms with Crippen molar-refractivity contribution >= 4 is 17.2 Å². The predicted octanol–water partition coefficient (Wildman–Crippen LogP) is 2.43. The van der Waals surface area contributed by atoms with Gasteiger partial charge in [-0.2, -0.15) is 4.98 Å². The lowest BCUT2D eigenvalue weighted by Gasteiger charge is -2.18. The monoisotopic (exact) mass is 191 g/mol. The first-order chi connectivity index (χ1) is 6.54. The van der Waals surface area contributed by atoms with Gasteiger partial charge in [0.05, 0.1) is 0 Å². The van der Waals surface area contributed by atoms with E-state index in [1.165, 1.54) is 0 Å². The molecule has 0 radical (unpaired) electrons. The molecule has 14 heavy (non-hydrogen) atoms. The standard InChI is InChI=1S/C10H13N3O/c1-10(2,3)13-9-12-8-7(14-9)5-4-6-11-8/h4-6H,1-3H3,(H,11,12,13). The summed E-state index contributed by atoms with van der Waals surface area (Å²) < 4.78 is 5.46. The molecule has 0 unspecified atom stereocenters. The lowest BCUT2D eigenvalue weighted by Crippen LogP contribution is -2.26. The van der Waals surface area contributed by atoms with Crippen molar-refractivity contribution in [2.24, 2.45) is 0 Å². The molecule has 0 atom stereocenters. The molecule has 4 nitrogen and oxygen atoms in total. The van der Waals surface area contributed by atoms with E-state index >= 15 is 0 Å². The Morgan fingerprint density at radius 3 is 2.79 bits per heavy atom.